The fourth-order valence-corrected chi connectivity index (χ4v) is 3.76. The lowest BCUT2D eigenvalue weighted by atomic mass is 10.0. The summed E-state index contributed by atoms with van der Waals surface area (Å²) < 4.78 is 15.0. The molecule has 5 N–H and O–H groups in total. The number of hydrogen-bond donors (Lipinski definition) is 4. The van der Waals surface area contributed by atoms with Gasteiger partial charge in [-0.25, -0.2) is 29.2 Å². The molecule has 2 aliphatic heterocycles. The summed E-state index contributed by atoms with van der Waals surface area (Å²) in [6, 6.07) is 4.87. The van der Waals surface area contributed by atoms with Crippen molar-refractivity contribution in [2.45, 2.75) is 19.4 Å². The quantitative estimate of drug-likeness (QED) is 0.185. The van der Waals surface area contributed by atoms with E-state index in [-0.39, 0.29) is 18.1 Å². The molecule has 0 unspecified atom stereocenters. The van der Waals surface area contributed by atoms with Gasteiger partial charge in [0.25, 0.3) is 0 Å². The minimum absolute atomic E-state index is 0.113. The molecule has 13 heteroatoms. The van der Waals surface area contributed by atoms with Crippen LogP contribution in [0.25, 0.3) is 11.1 Å². The summed E-state index contributed by atoms with van der Waals surface area (Å²) in [6.07, 6.45) is 7.29. The van der Waals surface area contributed by atoms with Crippen LogP contribution in [0.1, 0.15) is 18.4 Å². The van der Waals surface area contributed by atoms with Crippen LogP contribution in [-0.2, 0) is 11.4 Å². The number of benzene rings is 1. The summed E-state index contributed by atoms with van der Waals surface area (Å²) in [4.78, 5) is 30.8. The first kappa shape index (κ1) is 24.9. The van der Waals surface area contributed by atoms with Crippen molar-refractivity contribution in [1.82, 2.24) is 25.7 Å². The second-order valence-electron chi connectivity index (χ2n) is 8.14. The van der Waals surface area contributed by atoms with Crippen molar-refractivity contribution in [3.05, 3.63) is 54.2 Å². The Bertz CT molecular complexity index is 1140. The first-order valence-electron chi connectivity index (χ1n) is 11.5. The second-order valence-corrected chi connectivity index (χ2v) is 8.14. The Kier molecular flexibility index (Phi) is 8.24. The lowest BCUT2D eigenvalue weighted by Crippen LogP contribution is -2.35. The Morgan fingerprint density at radius 1 is 1.28 bits per heavy atom. The van der Waals surface area contributed by atoms with Crippen molar-refractivity contribution in [2.75, 3.05) is 37.7 Å². The van der Waals surface area contributed by atoms with Gasteiger partial charge in [-0.2, -0.15) is 0 Å². The molecule has 2 aromatic rings. The zero-order valence-electron chi connectivity index (χ0n) is 19.6. The molecule has 190 valence electrons. The van der Waals surface area contributed by atoms with E-state index in [1.807, 2.05) is 22.6 Å². The summed E-state index contributed by atoms with van der Waals surface area (Å²) in [5.74, 6) is -0.227. The van der Waals surface area contributed by atoms with E-state index in [4.69, 9.17) is 15.7 Å². The highest BCUT2D eigenvalue weighted by Gasteiger charge is 2.19. The molecule has 2 aliphatic rings. The van der Waals surface area contributed by atoms with Crippen LogP contribution in [0.15, 0.2) is 53.0 Å². The number of rotatable bonds is 8. The Hall–Kier alpha value is -4.26. The monoisotopic (exact) mass is 497 g/mol. The third-order valence-electron chi connectivity index (χ3n) is 5.65. The number of oxime groups is 1. The van der Waals surface area contributed by atoms with Gasteiger partial charge in [-0.1, -0.05) is 29.4 Å². The van der Waals surface area contributed by atoms with E-state index in [1.165, 1.54) is 0 Å². The van der Waals surface area contributed by atoms with Crippen LogP contribution >= 0.6 is 0 Å². The molecule has 3 heterocycles. The van der Waals surface area contributed by atoms with Gasteiger partial charge in [0, 0.05) is 67.8 Å². The van der Waals surface area contributed by atoms with E-state index in [1.54, 1.807) is 30.6 Å². The maximum absolute atomic E-state index is 15.0. The zero-order chi connectivity index (χ0) is 25.3. The summed E-state index contributed by atoms with van der Waals surface area (Å²) in [5, 5.41) is 16.9. The molecule has 0 bridgehead atoms. The van der Waals surface area contributed by atoms with Gasteiger partial charge >= 0.3 is 6.09 Å². The Morgan fingerprint density at radius 3 is 2.75 bits per heavy atom. The van der Waals surface area contributed by atoms with Crippen molar-refractivity contribution < 1.29 is 19.1 Å². The summed E-state index contributed by atoms with van der Waals surface area (Å²) in [7, 11) is 0. The fourth-order valence-electron chi connectivity index (χ4n) is 3.76. The number of aliphatic imine (C=N–C) groups is 1. The molecule has 0 aliphatic carbocycles. The van der Waals surface area contributed by atoms with Crippen LogP contribution in [0, 0.1) is 5.82 Å². The van der Waals surface area contributed by atoms with Crippen LogP contribution in [0.4, 0.5) is 15.1 Å². The van der Waals surface area contributed by atoms with Gasteiger partial charge in [-0.05, 0) is 0 Å². The zero-order valence-corrected chi connectivity index (χ0v) is 19.6. The van der Waals surface area contributed by atoms with Gasteiger partial charge in [-0.3, -0.25) is 5.32 Å². The van der Waals surface area contributed by atoms with Crippen LogP contribution in [0.3, 0.4) is 0 Å². The Labute approximate surface area is 207 Å². The number of hydrazine groups is 1. The van der Waals surface area contributed by atoms with Crippen LogP contribution in [-0.4, -0.2) is 70.6 Å². The highest BCUT2D eigenvalue weighted by atomic mass is 19.1. The number of amides is 1. The van der Waals surface area contributed by atoms with Crippen LogP contribution in [0.2, 0.25) is 0 Å². The number of hydrogen-bond acceptors (Lipinski definition) is 9. The minimum atomic E-state index is -1.34. The molecule has 1 amide bonds. The van der Waals surface area contributed by atoms with Gasteiger partial charge < -0.3 is 26.0 Å². The number of halogens is 1. The molecular formula is C23H28FN9O3. The summed E-state index contributed by atoms with van der Waals surface area (Å²) in [6.45, 7) is 3.45. The van der Waals surface area contributed by atoms with Crippen molar-refractivity contribution in [2.24, 2.45) is 15.9 Å². The van der Waals surface area contributed by atoms with Crippen LogP contribution in [0.5, 0.6) is 0 Å². The lowest BCUT2D eigenvalue weighted by molar-refractivity contribution is 0.105. The molecule has 0 saturated carbocycles. The number of carboxylic acid groups (broad SMARTS) is 1. The number of piperidine rings is 1. The first-order valence-corrected chi connectivity index (χ1v) is 11.5. The van der Waals surface area contributed by atoms with E-state index in [0.29, 0.717) is 36.8 Å². The molecule has 1 saturated heterocycles. The SMILES string of the molecule is NC(=NCc1cccc(-c2cnc(N3CCC(=NOCCN4CC=CN4)CC3)nc2)c1F)NC(=O)O. The number of nitrogens with one attached hydrogen (secondary N) is 2. The molecule has 0 radical (unpaired) electrons. The van der Waals surface area contributed by atoms with Crippen LogP contribution < -0.4 is 21.4 Å². The van der Waals surface area contributed by atoms with Crippen molar-refractivity contribution in [1.29, 1.82) is 0 Å². The highest BCUT2D eigenvalue weighted by Crippen LogP contribution is 2.25. The number of carbonyl (C=O) groups is 1. The summed E-state index contributed by atoms with van der Waals surface area (Å²) >= 11 is 0. The number of nitrogens with two attached hydrogens (primary N) is 1. The van der Waals surface area contributed by atoms with Crippen molar-refractivity contribution in [3.8, 4) is 11.1 Å². The normalized spacial score (nSPS) is 16.1. The van der Waals surface area contributed by atoms with E-state index in [9.17, 15) is 4.79 Å². The number of anilines is 1. The number of guanidine groups is 1. The summed E-state index contributed by atoms with van der Waals surface area (Å²) in [5.41, 5.74) is 10.7. The van der Waals surface area contributed by atoms with Gasteiger partial charge in [0.05, 0.1) is 18.8 Å². The predicted molar refractivity (Wildman–Crippen MR) is 133 cm³/mol. The van der Waals surface area contributed by atoms with Crippen molar-refractivity contribution >= 4 is 23.7 Å². The fraction of sp³-hybridized carbons (Fsp3) is 0.348. The molecule has 0 spiro atoms. The first-order chi connectivity index (χ1) is 17.5. The largest absolute Gasteiger partial charge is 0.465 e. The predicted octanol–water partition coefficient (Wildman–Crippen LogP) is 1.67. The third-order valence-corrected chi connectivity index (χ3v) is 5.65. The standard InChI is InChI=1S/C23H28FN9O3/c24-20-16(13-26-21(25)30-23(34)35)3-1-4-19(20)17-14-27-22(28-15-17)32-9-5-18(6-10-32)31-36-12-11-33-8-2-7-29-33/h1-4,7,14-15,29H,5-6,8-13H2,(H,34,35)(H3,25,26,30). The lowest BCUT2D eigenvalue weighted by Gasteiger charge is -2.27. The van der Waals surface area contributed by atoms with E-state index >= 15 is 4.39 Å². The maximum atomic E-state index is 15.0. The smallest absolute Gasteiger partial charge is 0.411 e. The molecule has 36 heavy (non-hydrogen) atoms. The number of nitrogens with zero attached hydrogens (tertiary/aromatic N) is 6. The molecular weight excluding hydrogens is 469 g/mol. The number of aromatic nitrogens is 2. The molecule has 1 aromatic carbocycles. The van der Waals surface area contributed by atoms with Gasteiger partial charge in [0.15, 0.2) is 5.96 Å². The minimum Gasteiger partial charge on any atom is -0.465 e. The van der Waals surface area contributed by atoms with E-state index in [0.717, 1.165) is 31.6 Å². The average Bonchev–Trinajstić information content (AvgIpc) is 3.40. The van der Waals surface area contributed by atoms with Crippen molar-refractivity contribution in [3.63, 3.8) is 0 Å². The van der Waals surface area contributed by atoms with Gasteiger partial charge in [-0.15, -0.1) is 0 Å². The second kappa shape index (κ2) is 11.9. The molecule has 4 rings (SSSR count). The third kappa shape index (κ3) is 6.66. The molecule has 12 nitrogen and oxygen atoms in total. The van der Waals surface area contributed by atoms with Gasteiger partial charge in [0.2, 0.25) is 5.95 Å². The highest BCUT2D eigenvalue weighted by molar-refractivity contribution is 5.92. The Balaban J connectivity index is 1.31. The van der Waals surface area contributed by atoms with E-state index < -0.39 is 11.9 Å². The topological polar surface area (TPSA) is 154 Å². The Morgan fingerprint density at radius 2 is 2.06 bits per heavy atom. The molecule has 1 aromatic heterocycles. The van der Waals surface area contributed by atoms with E-state index in [2.05, 4.69) is 30.4 Å². The average molecular weight is 498 g/mol. The molecule has 1 fully saturated rings. The maximum Gasteiger partial charge on any atom is 0.411 e. The van der Waals surface area contributed by atoms with Gasteiger partial charge in [0.1, 0.15) is 12.4 Å². The molecule has 0 atom stereocenters.